The first-order valence-electron chi connectivity index (χ1n) is 13.1. The van der Waals surface area contributed by atoms with Gasteiger partial charge in [-0.25, -0.2) is 4.98 Å². The predicted molar refractivity (Wildman–Crippen MR) is 153 cm³/mol. The van der Waals surface area contributed by atoms with Crippen molar-refractivity contribution in [1.82, 2.24) is 30.1 Å². The van der Waals surface area contributed by atoms with Crippen molar-refractivity contribution in [3.8, 4) is 22.5 Å². The van der Waals surface area contributed by atoms with Gasteiger partial charge in [-0.3, -0.25) is 19.9 Å². The standard InChI is InChI=1S/C30H26N8O/c39-30(19-7-3-1-4-8-19)34-22-11-20(14-31-16-22)21-12-24-28(36-37-29(24)33-15-21)25-13-23-26(35-25)17-32-18-27(23)38-9-5-2-6-10-38/h1,3-4,7-8,11-18,35H,2,5-6,9-10H2,(H,34,39)(H,33,36,37). The Bertz CT molecular complexity index is 1800. The van der Waals surface area contributed by atoms with Gasteiger partial charge in [0, 0.05) is 52.9 Å². The maximum atomic E-state index is 12.6. The van der Waals surface area contributed by atoms with Crippen LogP contribution in [0.25, 0.3) is 44.5 Å². The molecule has 6 aromatic rings. The summed E-state index contributed by atoms with van der Waals surface area (Å²) < 4.78 is 0. The summed E-state index contributed by atoms with van der Waals surface area (Å²) in [4.78, 5) is 32.0. The van der Waals surface area contributed by atoms with E-state index < -0.39 is 0 Å². The van der Waals surface area contributed by atoms with E-state index in [2.05, 4.69) is 52.5 Å². The molecule has 5 aromatic heterocycles. The van der Waals surface area contributed by atoms with Gasteiger partial charge in [0.2, 0.25) is 0 Å². The molecule has 6 heterocycles. The van der Waals surface area contributed by atoms with E-state index in [-0.39, 0.29) is 5.91 Å². The molecule has 9 nitrogen and oxygen atoms in total. The second-order valence-electron chi connectivity index (χ2n) is 9.83. The molecular formula is C30H26N8O. The molecule has 0 unspecified atom stereocenters. The molecule has 1 fully saturated rings. The van der Waals surface area contributed by atoms with Crippen LogP contribution in [0.3, 0.4) is 0 Å². The van der Waals surface area contributed by atoms with Crippen LogP contribution < -0.4 is 10.2 Å². The van der Waals surface area contributed by atoms with Gasteiger partial charge in [-0.1, -0.05) is 18.2 Å². The van der Waals surface area contributed by atoms with Crippen molar-refractivity contribution in [2.24, 2.45) is 0 Å². The van der Waals surface area contributed by atoms with Gasteiger partial charge in [-0.2, -0.15) is 5.10 Å². The topological polar surface area (TPSA) is 115 Å². The number of hydrogen-bond acceptors (Lipinski definition) is 6. The van der Waals surface area contributed by atoms with Gasteiger partial charge in [-0.05, 0) is 49.6 Å². The molecule has 0 atom stereocenters. The third-order valence-corrected chi connectivity index (χ3v) is 7.27. The number of anilines is 2. The molecule has 1 aromatic carbocycles. The molecule has 0 radical (unpaired) electrons. The van der Waals surface area contributed by atoms with E-state index >= 15 is 0 Å². The Morgan fingerprint density at radius 3 is 2.54 bits per heavy atom. The number of nitrogens with zero attached hydrogens (tertiary/aromatic N) is 5. The molecule has 0 saturated carbocycles. The number of hydrogen-bond donors (Lipinski definition) is 3. The molecule has 1 aliphatic heterocycles. The largest absolute Gasteiger partial charge is 0.370 e. The van der Waals surface area contributed by atoms with Gasteiger partial charge >= 0.3 is 0 Å². The Morgan fingerprint density at radius 1 is 0.846 bits per heavy atom. The highest BCUT2D eigenvalue weighted by Gasteiger charge is 2.18. The molecular weight excluding hydrogens is 488 g/mol. The number of aromatic nitrogens is 6. The maximum absolute atomic E-state index is 12.6. The minimum Gasteiger partial charge on any atom is -0.370 e. The van der Waals surface area contributed by atoms with Crippen molar-refractivity contribution in [3.63, 3.8) is 0 Å². The van der Waals surface area contributed by atoms with Crippen LogP contribution in [-0.4, -0.2) is 49.1 Å². The third kappa shape index (κ3) is 4.37. The molecule has 0 spiro atoms. The summed E-state index contributed by atoms with van der Waals surface area (Å²) in [5.74, 6) is -0.183. The predicted octanol–water partition coefficient (Wildman–Crippen LogP) is 5.81. The number of carbonyl (C=O) groups excluding carboxylic acids is 1. The van der Waals surface area contributed by atoms with Crippen LogP contribution in [-0.2, 0) is 0 Å². The lowest BCUT2D eigenvalue weighted by molar-refractivity contribution is 0.102. The van der Waals surface area contributed by atoms with Crippen LogP contribution in [0.4, 0.5) is 11.4 Å². The van der Waals surface area contributed by atoms with Gasteiger partial charge < -0.3 is 15.2 Å². The minimum atomic E-state index is -0.183. The number of nitrogens with one attached hydrogen (secondary N) is 3. The quantitative estimate of drug-likeness (QED) is 0.268. The maximum Gasteiger partial charge on any atom is 0.255 e. The Balaban J connectivity index is 1.22. The van der Waals surface area contributed by atoms with Gasteiger partial charge in [0.05, 0.1) is 46.9 Å². The summed E-state index contributed by atoms with van der Waals surface area (Å²) in [6.45, 7) is 2.11. The number of carbonyl (C=O) groups is 1. The van der Waals surface area contributed by atoms with E-state index in [1.54, 1.807) is 30.7 Å². The smallest absolute Gasteiger partial charge is 0.255 e. The molecule has 0 bridgehead atoms. The fraction of sp³-hybridized carbons (Fsp3) is 0.167. The highest BCUT2D eigenvalue weighted by atomic mass is 16.1. The van der Waals surface area contributed by atoms with Crippen LogP contribution >= 0.6 is 0 Å². The van der Waals surface area contributed by atoms with E-state index in [9.17, 15) is 4.79 Å². The Kier molecular flexibility index (Phi) is 5.73. The Hall–Kier alpha value is -5.05. The summed E-state index contributed by atoms with van der Waals surface area (Å²) in [6, 6.07) is 15.2. The van der Waals surface area contributed by atoms with Crippen LogP contribution in [0, 0.1) is 0 Å². The second-order valence-corrected chi connectivity index (χ2v) is 9.83. The number of rotatable bonds is 5. The molecule has 7 rings (SSSR count). The molecule has 1 saturated heterocycles. The SMILES string of the molecule is O=C(Nc1cncc(-c2cnc3n[nH]c(-c4cc5c(N6CCCCC6)cncc5[nH]4)c3c2)c1)c1ccccc1. The number of H-pyrrole nitrogens is 2. The van der Waals surface area contributed by atoms with Gasteiger partial charge in [0.1, 0.15) is 0 Å². The van der Waals surface area contributed by atoms with Crippen molar-refractivity contribution in [1.29, 1.82) is 0 Å². The lowest BCUT2D eigenvalue weighted by atomic mass is 10.1. The number of benzene rings is 1. The van der Waals surface area contributed by atoms with Crippen LogP contribution in [0.2, 0.25) is 0 Å². The first-order chi connectivity index (χ1) is 19.2. The number of pyridine rings is 3. The highest BCUT2D eigenvalue weighted by Crippen LogP contribution is 2.34. The summed E-state index contributed by atoms with van der Waals surface area (Å²) >= 11 is 0. The minimum absolute atomic E-state index is 0.183. The average Bonchev–Trinajstić information content (AvgIpc) is 3.62. The molecule has 39 heavy (non-hydrogen) atoms. The van der Waals surface area contributed by atoms with E-state index in [1.165, 1.54) is 19.3 Å². The fourth-order valence-corrected chi connectivity index (χ4v) is 5.28. The highest BCUT2D eigenvalue weighted by molar-refractivity contribution is 6.04. The summed E-state index contributed by atoms with van der Waals surface area (Å²) in [6.07, 6.45) is 12.7. The summed E-state index contributed by atoms with van der Waals surface area (Å²) in [5.41, 5.74) is 7.50. The molecule has 192 valence electrons. The zero-order valence-corrected chi connectivity index (χ0v) is 21.2. The second kappa shape index (κ2) is 9.68. The lowest BCUT2D eigenvalue weighted by Crippen LogP contribution is -2.29. The van der Waals surface area contributed by atoms with Gasteiger partial charge in [0.25, 0.3) is 5.91 Å². The number of fused-ring (bicyclic) bond motifs is 2. The molecule has 0 aliphatic carbocycles. The molecule has 1 amide bonds. The number of aromatic amines is 2. The Labute approximate surface area is 224 Å². The monoisotopic (exact) mass is 514 g/mol. The summed E-state index contributed by atoms with van der Waals surface area (Å²) in [5, 5.41) is 12.6. The Morgan fingerprint density at radius 2 is 1.67 bits per heavy atom. The zero-order chi connectivity index (χ0) is 26.2. The van der Waals surface area contributed by atoms with Crippen molar-refractivity contribution in [2.45, 2.75) is 19.3 Å². The molecule has 3 N–H and O–H groups in total. The first kappa shape index (κ1) is 23.1. The third-order valence-electron chi connectivity index (χ3n) is 7.27. The lowest BCUT2D eigenvalue weighted by Gasteiger charge is -2.28. The van der Waals surface area contributed by atoms with Crippen molar-refractivity contribution < 1.29 is 4.79 Å². The molecule has 9 heteroatoms. The van der Waals surface area contributed by atoms with Crippen molar-refractivity contribution in [3.05, 3.63) is 85.1 Å². The first-order valence-corrected chi connectivity index (χ1v) is 13.1. The van der Waals surface area contributed by atoms with E-state index in [4.69, 9.17) is 0 Å². The average molecular weight is 515 g/mol. The van der Waals surface area contributed by atoms with Crippen molar-refractivity contribution >= 4 is 39.2 Å². The van der Waals surface area contributed by atoms with Gasteiger partial charge in [-0.15, -0.1) is 0 Å². The van der Waals surface area contributed by atoms with E-state index in [1.807, 2.05) is 36.7 Å². The fourth-order valence-electron chi connectivity index (χ4n) is 5.28. The number of amides is 1. The van der Waals surface area contributed by atoms with Crippen LogP contribution in [0.15, 0.2) is 79.5 Å². The van der Waals surface area contributed by atoms with E-state index in [0.717, 1.165) is 57.6 Å². The molecule has 1 aliphatic rings. The normalized spacial score (nSPS) is 13.7. The van der Waals surface area contributed by atoms with Crippen LogP contribution in [0.5, 0.6) is 0 Å². The summed E-state index contributed by atoms with van der Waals surface area (Å²) in [7, 11) is 0. The number of piperidine rings is 1. The van der Waals surface area contributed by atoms with Gasteiger partial charge in [0.15, 0.2) is 5.65 Å². The van der Waals surface area contributed by atoms with Crippen molar-refractivity contribution in [2.75, 3.05) is 23.3 Å². The van der Waals surface area contributed by atoms with Crippen LogP contribution in [0.1, 0.15) is 29.6 Å². The van der Waals surface area contributed by atoms with E-state index in [0.29, 0.717) is 16.9 Å². The zero-order valence-electron chi connectivity index (χ0n) is 21.2.